The van der Waals surface area contributed by atoms with Gasteiger partial charge in [0.15, 0.2) is 6.29 Å². The third-order valence-electron chi connectivity index (χ3n) is 5.25. The molecule has 10 N–H and O–H groups in total. The molecule has 2 aliphatic heterocycles. The summed E-state index contributed by atoms with van der Waals surface area (Å²) in [7, 11) is -5.29. The zero-order valence-corrected chi connectivity index (χ0v) is 18.5. The Labute approximate surface area is 191 Å². The Bertz CT molecular complexity index is 778. The number of hydrogen-bond acceptors (Lipinski definition) is 13. The molecular formula is C16H28NO16P. The number of carboxylic acid groups (broad SMARTS) is 1. The van der Waals surface area contributed by atoms with E-state index in [2.05, 4.69) is 9.84 Å². The van der Waals surface area contributed by atoms with Crippen molar-refractivity contribution < 1.29 is 78.4 Å². The van der Waals surface area contributed by atoms with E-state index in [9.17, 15) is 49.9 Å². The van der Waals surface area contributed by atoms with E-state index in [0.29, 0.717) is 0 Å². The smallest absolute Gasteiger partial charge is 0.469 e. The van der Waals surface area contributed by atoms with Crippen LogP contribution in [0.5, 0.6) is 0 Å². The van der Waals surface area contributed by atoms with Crippen molar-refractivity contribution in [3.05, 3.63) is 0 Å². The molecule has 0 aliphatic carbocycles. The Morgan fingerprint density at radius 2 is 1.79 bits per heavy atom. The number of carbonyl (C=O) groups is 2. The van der Waals surface area contributed by atoms with Crippen LogP contribution in [0.4, 0.5) is 0 Å². The standard InChI is InChI=1S/C16H28NO16P/c1-5(19)17-9-12(23)10(21)8(31-14(9)24)4-30-16(15(25)26)2-7(33-34(27,28)29)11(22)13(32-16)6(20)3-18/h6-14,18,20-24H,2-4H2,1H3,(H,17,19)(H,25,26)(H2,27,28,29)/t6-,7-,8-,9-,10-,11-,12-,13-,14-,16+/m1/s1. The fourth-order valence-electron chi connectivity index (χ4n) is 3.60. The van der Waals surface area contributed by atoms with E-state index in [-0.39, 0.29) is 0 Å². The molecule has 0 unspecified atom stereocenters. The van der Waals surface area contributed by atoms with Crippen molar-refractivity contribution in [2.24, 2.45) is 0 Å². The fourth-order valence-corrected chi connectivity index (χ4v) is 4.16. The number of hydrogen-bond donors (Lipinski definition) is 10. The normalized spacial score (nSPS) is 39.9. The summed E-state index contributed by atoms with van der Waals surface area (Å²) in [5.74, 6) is -5.42. The summed E-state index contributed by atoms with van der Waals surface area (Å²) >= 11 is 0. The maximum Gasteiger partial charge on any atom is 0.469 e. The van der Waals surface area contributed by atoms with Gasteiger partial charge < -0.3 is 65.1 Å². The average Bonchev–Trinajstić information content (AvgIpc) is 2.72. The quantitative estimate of drug-likeness (QED) is 0.127. The number of aliphatic hydroxyl groups is 6. The number of ether oxygens (including phenoxy) is 3. The van der Waals surface area contributed by atoms with Crippen molar-refractivity contribution in [3.8, 4) is 0 Å². The van der Waals surface area contributed by atoms with Crippen LogP contribution >= 0.6 is 7.82 Å². The van der Waals surface area contributed by atoms with Crippen LogP contribution in [0, 0.1) is 0 Å². The average molecular weight is 521 g/mol. The van der Waals surface area contributed by atoms with E-state index >= 15 is 0 Å². The number of phosphoric acid groups is 1. The summed E-state index contributed by atoms with van der Waals surface area (Å²) in [6.07, 6.45) is -15.9. The number of rotatable bonds is 9. The summed E-state index contributed by atoms with van der Waals surface area (Å²) in [6.45, 7) is -0.873. The van der Waals surface area contributed by atoms with Gasteiger partial charge in [0.25, 0.3) is 5.79 Å². The first-order valence-electron chi connectivity index (χ1n) is 9.84. The van der Waals surface area contributed by atoms with Crippen molar-refractivity contribution in [2.75, 3.05) is 13.2 Å². The fraction of sp³-hybridized carbons (Fsp3) is 0.875. The third-order valence-corrected chi connectivity index (χ3v) is 5.80. The lowest BCUT2D eigenvalue weighted by atomic mass is 9.92. The zero-order chi connectivity index (χ0) is 26.0. The molecule has 0 saturated carbocycles. The van der Waals surface area contributed by atoms with E-state index in [1.54, 1.807) is 0 Å². The molecule has 0 aromatic carbocycles. The maximum absolute atomic E-state index is 12.0. The highest BCUT2D eigenvalue weighted by atomic mass is 31.2. The SMILES string of the molecule is CC(=O)N[C@@H]1[C@@H](O)[C@H](O)[C@@H](CO[C@@]2(C(=O)O)C[C@@H](OP(=O)(O)O)[C@@H](O)[C@@H]([C@H](O)CO)O2)O[C@H]1O. The van der Waals surface area contributed by atoms with Crippen molar-refractivity contribution in [3.63, 3.8) is 0 Å². The van der Waals surface area contributed by atoms with Crippen molar-refractivity contribution in [1.29, 1.82) is 0 Å². The Morgan fingerprint density at radius 1 is 1.18 bits per heavy atom. The van der Waals surface area contributed by atoms with Gasteiger partial charge in [0.2, 0.25) is 5.91 Å². The predicted octanol–water partition coefficient (Wildman–Crippen LogP) is -5.29. The van der Waals surface area contributed by atoms with Crippen LogP contribution in [0.25, 0.3) is 0 Å². The first-order valence-corrected chi connectivity index (χ1v) is 11.4. The second-order valence-electron chi connectivity index (χ2n) is 7.80. The maximum atomic E-state index is 12.0. The second-order valence-corrected chi connectivity index (χ2v) is 9.00. The van der Waals surface area contributed by atoms with Crippen LogP contribution < -0.4 is 5.32 Å². The first-order chi connectivity index (χ1) is 15.6. The first kappa shape index (κ1) is 28.9. The Morgan fingerprint density at radius 3 is 2.29 bits per heavy atom. The Balaban J connectivity index is 2.26. The monoisotopic (exact) mass is 521 g/mol. The van der Waals surface area contributed by atoms with Crippen LogP contribution in [0.15, 0.2) is 0 Å². The summed E-state index contributed by atoms with van der Waals surface area (Å²) < 4.78 is 31.2. The van der Waals surface area contributed by atoms with Gasteiger partial charge in [0.1, 0.15) is 48.8 Å². The molecule has 2 fully saturated rings. The molecule has 0 spiro atoms. The zero-order valence-electron chi connectivity index (χ0n) is 17.6. The highest BCUT2D eigenvalue weighted by Gasteiger charge is 2.57. The highest BCUT2D eigenvalue weighted by Crippen LogP contribution is 2.44. The minimum absolute atomic E-state index is 0.655. The molecule has 18 heteroatoms. The van der Waals surface area contributed by atoms with Gasteiger partial charge in [0, 0.05) is 13.3 Å². The van der Waals surface area contributed by atoms with Gasteiger partial charge in [0.05, 0.1) is 13.2 Å². The topological polar surface area (TPSA) is 282 Å². The van der Waals surface area contributed by atoms with Crippen LogP contribution in [0.1, 0.15) is 13.3 Å². The molecule has 2 saturated heterocycles. The number of aliphatic hydroxyl groups excluding tert-OH is 6. The molecule has 10 atom stereocenters. The van der Waals surface area contributed by atoms with Gasteiger partial charge >= 0.3 is 13.8 Å². The lowest BCUT2D eigenvalue weighted by Crippen LogP contribution is -2.66. The predicted molar refractivity (Wildman–Crippen MR) is 102 cm³/mol. The van der Waals surface area contributed by atoms with E-state index < -0.39 is 100 Å². The molecule has 2 rings (SSSR count). The van der Waals surface area contributed by atoms with Gasteiger partial charge in [-0.1, -0.05) is 0 Å². The molecule has 0 aromatic heterocycles. The summed E-state index contributed by atoms with van der Waals surface area (Å²) in [4.78, 5) is 41.4. The van der Waals surface area contributed by atoms with Crippen LogP contribution in [-0.4, -0.2) is 131 Å². The molecule has 2 aliphatic rings. The van der Waals surface area contributed by atoms with E-state index in [4.69, 9.17) is 24.0 Å². The highest BCUT2D eigenvalue weighted by molar-refractivity contribution is 7.46. The van der Waals surface area contributed by atoms with Gasteiger partial charge in [-0.15, -0.1) is 0 Å². The number of aliphatic carboxylic acids is 1. The molecule has 0 aromatic rings. The molecule has 1 amide bonds. The van der Waals surface area contributed by atoms with Crippen LogP contribution in [0.2, 0.25) is 0 Å². The third kappa shape index (κ3) is 6.67. The summed E-state index contributed by atoms with van der Waals surface area (Å²) in [5.41, 5.74) is 0. The minimum Gasteiger partial charge on any atom is -0.477 e. The van der Waals surface area contributed by atoms with Crippen LogP contribution in [-0.2, 0) is 32.9 Å². The Kier molecular flexibility index (Phi) is 9.50. The molecular weight excluding hydrogens is 493 g/mol. The van der Waals surface area contributed by atoms with E-state index in [1.807, 2.05) is 0 Å². The summed E-state index contributed by atoms with van der Waals surface area (Å²) in [6, 6.07) is -1.43. The second kappa shape index (κ2) is 11.2. The lowest BCUT2D eigenvalue weighted by Gasteiger charge is -2.46. The van der Waals surface area contributed by atoms with Gasteiger partial charge in [-0.3, -0.25) is 9.32 Å². The molecule has 17 nitrogen and oxygen atoms in total. The van der Waals surface area contributed by atoms with E-state index in [0.717, 1.165) is 6.92 Å². The number of phosphoric ester groups is 1. The largest absolute Gasteiger partial charge is 0.477 e. The van der Waals surface area contributed by atoms with Crippen molar-refractivity contribution in [2.45, 2.75) is 74.2 Å². The number of carbonyl (C=O) groups excluding carboxylic acids is 1. The van der Waals surface area contributed by atoms with Crippen molar-refractivity contribution >= 4 is 19.7 Å². The Hall–Kier alpha value is -1.31. The molecule has 2 heterocycles. The molecule has 34 heavy (non-hydrogen) atoms. The van der Waals surface area contributed by atoms with Crippen molar-refractivity contribution in [1.82, 2.24) is 5.32 Å². The molecule has 0 bridgehead atoms. The van der Waals surface area contributed by atoms with Gasteiger partial charge in [-0.25, -0.2) is 9.36 Å². The number of carboxylic acids is 1. The van der Waals surface area contributed by atoms with Gasteiger partial charge in [-0.05, 0) is 0 Å². The number of nitrogens with one attached hydrogen (secondary N) is 1. The van der Waals surface area contributed by atoms with Gasteiger partial charge in [-0.2, -0.15) is 0 Å². The number of amides is 1. The van der Waals surface area contributed by atoms with Crippen LogP contribution in [0.3, 0.4) is 0 Å². The lowest BCUT2D eigenvalue weighted by molar-refractivity contribution is -0.336. The summed E-state index contributed by atoms with van der Waals surface area (Å²) in [5, 5.41) is 71.7. The molecule has 0 radical (unpaired) electrons. The van der Waals surface area contributed by atoms with E-state index in [1.165, 1.54) is 0 Å². The molecule has 198 valence electrons. The minimum atomic E-state index is -5.29.